The molecule has 0 aliphatic rings. The zero-order valence-corrected chi connectivity index (χ0v) is 20.4. The minimum atomic E-state index is -4.75. The highest BCUT2D eigenvalue weighted by Gasteiger charge is 2.44. The normalized spacial score (nSPS) is 13.2. The molecule has 0 fully saturated rings. The van der Waals surface area contributed by atoms with Crippen LogP contribution in [0.25, 0.3) is 22.4 Å². The van der Waals surface area contributed by atoms with Gasteiger partial charge < -0.3 is 21.3 Å². The monoisotopic (exact) mass is 528 g/mol. The number of carboxylic acid groups (broad SMARTS) is 1. The van der Waals surface area contributed by atoms with Crippen molar-refractivity contribution in [1.82, 2.24) is 9.97 Å². The second-order valence-electron chi connectivity index (χ2n) is 8.39. The van der Waals surface area contributed by atoms with Crippen LogP contribution in [0, 0.1) is 6.92 Å². The predicted octanol–water partition coefficient (Wildman–Crippen LogP) is 5.40. The molecule has 2 aromatic carbocycles. The molecular formula is C26H23F3N4O3S. The van der Waals surface area contributed by atoms with E-state index in [9.17, 15) is 18.0 Å². The van der Waals surface area contributed by atoms with Gasteiger partial charge in [-0.1, -0.05) is 48.5 Å². The summed E-state index contributed by atoms with van der Waals surface area (Å²) in [6.45, 7) is 1.84. The van der Waals surface area contributed by atoms with Crippen LogP contribution >= 0.6 is 11.3 Å². The van der Waals surface area contributed by atoms with E-state index < -0.39 is 24.3 Å². The molecule has 0 amide bonds. The van der Waals surface area contributed by atoms with E-state index >= 15 is 0 Å². The Morgan fingerprint density at radius 3 is 2.41 bits per heavy atom. The number of aromatic nitrogens is 2. The van der Waals surface area contributed by atoms with E-state index in [4.69, 9.17) is 21.3 Å². The molecular weight excluding hydrogens is 505 g/mol. The maximum atomic E-state index is 14.3. The van der Waals surface area contributed by atoms with E-state index in [1.165, 1.54) is 29.5 Å². The Kier molecular flexibility index (Phi) is 7.46. The summed E-state index contributed by atoms with van der Waals surface area (Å²) in [4.78, 5) is 19.0. The molecule has 4 rings (SSSR count). The third-order valence-electron chi connectivity index (χ3n) is 5.67. The highest BCUT2D eigenvalue weighted by Crippen LogP contribution is 2.42. The van der Waals surface area contributed by atoms with Gasteiger partial charge in [-0.15, -0.1) is 0 Å². The molecule has 192 valence electrons. The predicted molar refractivity (Wildman–Crippen MR) is 135 cm³/mol. The van der Waals surface area contributed by atoms with E-state index in [0.29, 0.717) is 22.3 Å². The van der Waals surface area contributed by atoms with Crippen molar-refractivity contribution in [3.8, 4) is 28.3 Å². The van der Waals surface area contributed by atoms with Crippen LogP contribution in [0.1, 0.15) is 22.8 Å². The molecule has 0 saturated carbocycles. The van der Waals surface area contributed by atoms with E-state index in [1.54, 1.807) is 41.8 Å². The van der Waals surface area contributed by atoms with Gasteiger partial charge >= 0.3 is 12.1 Å². The van der Waals surface area contributed by atoms with Crippen molar-refractivity contribution in [2.45, 2.75) is 31.7 Å². The molecule has 11 heteroatoms. The van der Waals surface area contributed by atoms with Crippen LogP contribution in [-0.2, 0) is 11.2 Å². The van der Waals surface area contributed by atoms with Crippen molar-refractivity contribution in [3.05, 3.63) is 82.0 Å². The molecule has 0 bridgehead atoms. The molecule has 0 radical (unpaired) electrons. The van der Waals surface area contributed by atoms with E-state index in [0.717, 1.165) is 5.56 Å². The lowest BCUT2D eigenvalue weighted by molar-refractivity contribution is -0.198. The van der Waals surface area contributed by atoms with Crippen molar-refractivity contribution in [2.75, 3.05) is 5.73 Å². The van der Waals surface area contributed by atoms with Gasteiger partial charge in [0.15, 0.2) is 0 Å². The molecule has 4 aromatic rings. The number of carbonyl (C=O) groups is 1. The molecule has 0 aliphatic carbocycles. The van der Waals surface area contributed by atoms with Gasteiger partial charge in [0.25, 0.3) is 0 Å². The zero-order chi connectivity index (χ0) is 26.7. The Morgan fingerprint density at radius 2 is 1.78 bits per heavy atom. The van der Waals surface area contributed by atoms with Crippen LogP contribution in [0.15, 0.2) is 65.4 Å². The number of alkyl halides is 3. The Balaban J connectivity index is 1.67. The lowest BCUT2D eigenvalue weighted by atomic mass is 9.95. The number of rotatable bonds is 8. The summed E-state index contributed by atoms with van der Waals surface area (Å²) in [6, 6.07) is 13.1. The second kappa shape index (κ2) is 10.6. The smallest absolute Gasteiger partial charge is 0.429 e. The number of thiophene rings is 1. The molecule has 5 N–H and O–H groups in total. The summed E-state index contributed by atoms with van der Waals surface area (Å²) < 4.78 is 48.3. The Labute approximate surface area is 214 Å². The maximum absolute atomic E-state index is 14.3. The molecule has 2 aromatic heterocycles. The third kappa shape index (κ3) is 6.07. The van der Waals surface area contributed by atoms with E-state index in [-0.39, 0.29) is 29.5 Å². The van der Waals surface area contributed by atoms with Crippen molar-refractivity contribution < 1.29 is 27.8 Å². The number of nitrogens with two attached hydrogens (primary N) is 2. The zero-order valence-electron chi connectivity index (χ0n) is 19.6. The third-order valence-corrected chi connectivity index (χ3v) is 6.53. The number of halogens is 3. The van der Waals surface area contributed by atoms with E-state index in [2.05, 4.69) is 9.97 Å². The summed E-state index contributed by atoms with van der Waals surface area (Å²) in [6.07, 6.45) is -6.93. The summed E-state index contributed by atoms with van der Waals surface area (Å²) >= 11 is 1.40. The molecule has 2 unspecified atom stereocenters. The number of hydrogen-bond donors (Lipinski definition) is 3. The Morgan fingerprint density at radius 1 is 1.08 bits per heavy atom. The van der Waals surface area contributed by atoms with Crippen molar-refractivity contribution in [1.29, 1.82) is 0 Å². The number of anilines is 1. The highest BCUT2D eigenvalue weighted by molar-refractivity contribution is 7.08. The molecule has 0 spiro atoms. The average Bonchev–Trinajstić information content (AvgIpc) is 3.27. The number of aryl methyl sites for hydroxylation is 1. The van der Waals surface area contributed by atoms with Crippen LogP contribution in [0.5, 0.6) is 5.88 Å². The average molecular weight is 529 g/mol. The molecule has 2 atom stereocenters. The fraction of sp³-hybridized carbons (Fsp3) is 0.192. The van der Waals surface area contributed by atoms with Crippen LogP contribution in [-0.4, -0.2) is 33.3 Å². The number of nitrogens with zero attached hydrogens (tertiary/aromatic N) is 2. The standard InChI is InChI=1S/C26H23F3N4O3S/c1-14-12-37-13-19(14)17-4-2-3-5-18(17)23(26(27,28)29)36-22-11-21(32-25(31)33-22)16-8-6-15(7-9-16)10-20(30)24(34)35/h2-9,11-13,20,23H,10,30H2,1H3,(H,34,35)(H2,31,32,33). The topological polar surface area (TPSA) is 124 Å². The largest absolute Gasteiger partial charge is 0.480 e. The van der Waals surface area contributed by atoms with Gasteiger partial charge in [-0.05, 0) is 46.4 Å². The van der Waals surface area contributed by atoms with Crippen LogP contribution in [0.3, 0.4) is 0 Å². The van der Waals surface area contributed by atoms with Gasteiger partial charge in [0.1, 0.15) is 6.04 Å². The Hall–Kier alpha value is -3.96. The van der Waals surface area contributed by atoms with Gasteiger partial charge in [-0.25, -0.2) is 4.98 Å². The van der Waals surface area contributed by atoms with Gasteiger partial charge in [0, 0.05) is 17.2 Å². The number of ether oxygens (including phenoxy) is 1. The first-order valence-corrected chi connectivity index (χ1v) is 12.0. The number of hydrogen-bond acceptors (Lipinski definition) is 7. The summed E-state index contributed by atoms with van der Waals surface area (Å²) in [5, 5.41) is 12.7. The molecule has 7 nitrogen and oxygen atoms in total. The van der Waals surface area contributed by atoms with Crippen LogP contribution in [0.2, 0.25) is 0 Å². The first kappa shape index (κ1) is 26.1. The van der Waals surface area contributed by atoms with E-state index in [1.807, 2.05) is 12.3 Å². The molecule has 0 aliphatic heterocycles. The first-order valence-electron chi connectivity index (χ1n) is 11.1. The fourth-order valence-corrected chi connectivity index (χ4v) is 4.69. The van der Waals surface area contributed by atoms with Crippen LogP contribution in [0.4, 0.5) is 19.1 Å². The van der Waals surface area contributed by atoms with Gasteiger partial charge in [0.05, 0.1) is 5.69 Å². The van der Waals surface area contributed by atoms with Gasteiger partial charge in [0.2, 0.25) is 17.9 Å². The number of nitrogen functional groups attached to an aromatic ring is 1. The lowest BCUT2D eigenvalue weighted by Gasteiger charge is -2.24. The van der Waals surface area contributed by atoms with Crippen molar-refractivity contribution in [3.63, 3.8) is 0 Å². The number of carboxylic acids is 1. The molecule has 37 heavy (non-hydrogen) atoms. The highest BCUT2D eigenvalue weighted by atomic mass is 32.1. The minimum Gasteiger partial charge on any atom is -0.480 e. The summed E-state index contributed by atoms with van der Waals surface area (Å²) in [5.74, 6) is -1.71. The minimum absolute atomic E-state index is 0.0469. The second-order valence-corrected chi connectivity index (χ2v) is 9.13. The van der Waals surface area contributed by atoms with Gasteiger partial charge in [-0.2, -0.15) is 29.5 Å². The maximum Gasteiger partial charge on any atom is 0.429 e. The molecule has 2 heterocycles. The summed E-state index contributed by atoms with van der Waals surface area (Å²) in [7, 11) is 0. The molecule has 0 saturated heterocycles. The Bertz CT molecular complexity index is 1410. The lowest BCUT2D eigenvalue weighted by Crippen LogP contribution is -2.32. The number of aliphatic carboxylic acids is 1. The van der Waals surface area contributed by atoms with Crippen molar-refractivity contribution >= 4 is 23.3 Å². The van der Waals surface area contributed by atoms with Crippen molar-refractivity contribution in [2.24, 2.45) is 5.73 Å². The van der Waals surface area contributed by atoms with Crippen LogP contribution < -0.4 is 16.2 Å². The quantitative estimate of drug-likeness (QED) is 0.280. The number of benzene rings is 2. The van der Waals surface area contributed by atoms with Gasteiger partial charge in [-0.3, -0.25) is 4.79 Å². The SMILES string of the molecule is Cc1cscc1-c1ccccc1C(Oc1cc(-c2ccc(CC(N)C(=O)O)cc2)nc(N)n1)C(F)(F)F. The first-order chi connectivity index (χ1) is 17.5. The summed E-state index contributed by atoms with van der Waals surface area (Å²) in [5.41, 5.74) is 14.8. The fourth-order valence-electron chi connectivity index (χ4n) is 3.84.